The zero-order valence-corrected chi connectivity index (χ0v) is 7.39. The molecule has 0 saturated heterocycles. The van der Waals surface area contributed by atoms with Crippen molar-refractivity contribution < 1.29 is 10.0 Å². The Morgan fingerprint density at radius 3 is 3.00 bits per heavy atom. The highest BCUT2D eigenvalue weighted by molar-refractivity contribution is 7.10. The molecule has 0 aromatic carbocycles. The number of nitrogens with two attached hydrogens (primary N) is 1. The van der Waals surface area contributed by atoms with Crippen molar-refractivity contribution in [3.05, 3.63) is 28.3 Å². The molecule has 0 atom stereocenters. The van der Waals surface area contributed by atoms with Gasteiger partial charge in [0.2, 0.25) is 5.91 Å². The van der Waals surface area contributed by atoms with Crippen molar-refractivity contribution in [2.75, 3.05) is 0 Å². The quantitative estimate of drug-likeness (QED) is 0.314. The first-order valence-corrected chi connectivity index (χ1v) is 4.23. The van der Waals surface area contributed by atoms with Crippen LogP contribution in [0.15, 0.2) is 11.4 Å². The Hall–Kier alpha value is -1.40. The number of primary amides is 1. The summed E-state index contributed by atoms with van der Waals surface area (Å²) in [6, 6.07) is 1.58. The Balaban J connectivity index is 2.74. The van der Waals surface area contributed by atoms with E-state index >= 15 is 0 Å². The van der Waals surface area contributed by atoms with Gasteiger partial charge in [-0.25, -0.2) is 0 Å². The van der Waals surface area contributed by atoms with E-state index in [0.29, 0.717) is 10.4 Å². The highest BCUT2D eigenvalue weighted by atomic mass is 32.1. The van der Waals surface area contributed by atoms with Crippen LogP contribution in [-0.2, 0) is 4.79 Å². The summed E-state index contributed by atoms with van der Waals surface area (Å²) in [7, 11) is 0. The number of rotatable bonds is 3. The highest BCUT2D eigenvalue weighted by Crippen LogP contribution is 2.15. The molecule has 0 saturated carbocycles. The molecule has 0 unspecified atom stereocenters. The van der Waals surface area contributed by atoms with Crippen LogP contribution in [0.3, 0.4) is 0 Å². The van der Waals surface area contributed by atoms with Gasteiger partial charge in [-0.2, -0.15) is 0 Å². The van der Waals surface area contributed by atoms with Gasteiger partial charge in [0.25, 0.3) is 0 Å². The van der Waals surface area contributed by atoms with Crippen LogP contribution in [-0.4, -0.2) is 17.0 Å². The minimum atomic E-state index is -0.531. The number of amides is 1. The molecule has 1 rings (SSSR count). The van der Waals surface area contributed by atoms with Gasteiger partial charge in [-0.3, -0.25) is 20.9 Å². The molecule has 1 amide bonds. The molecule has 1 heterocycles. The summed E-state index contributed by atoms with van der Waals surface area (Å²) in [5.41, 5.74) is 7.16. The monoisotopic (exact) mass is 198 g/mol. The van der Waals surface area contributed by atoms with Crippen LogP contribution in [0, 0.1) is 11.8 Å². The molecule has 0 aliphatic heterocycles. The number of hydrogen-bond acceptors (Lipinski definition) is 4. The Kier molecular flexibility index (Phi) is 2.99. The fraction of sp³-hybridized carbons (Fsp3) is 0. The lowest BCUT2D eigenvalue weighted by atomic mass is 10.2. The van der Waals surface area contributed by atoms with Gasteiger partial charge in [-0.05, 0) is 6.07 Å². The van der Waals surface area contributed by atoms with Crippen LogP contribution in [0.5, 0.6) is 0 Å². The Morgan fingerprint density at radius 1 is 1.77 bits per heavy atom. The van der Waals surface area contributed by atoms with E-state index in [1.807, 2.05) is 0 Å². The average Bonchev–Trinajstić information content (AvgIpc) is 2.50. The third-order valence-corrected chi connectivity index (χ3v) is 2.18. The lowest BCUT2D eigenvalue weighted by molar-refractivity contribution is -0.114. The normalized spacial score (nSPS) is 9.62. The van der Waals surface area contributed by atoms with Gasteiger partial charge in [0.05, 0.1) is 6.42 Å². The second kappa shape index (κ2) is 4.01. The second-order valence-corrected chi connectivity index (χ2v) is 3.21. The number of carbonyl (C=O) groups excluding carboxylic acids is 1. The molecular weight excluding hydrogens is 190 g/mol. The van der Waals surface area contributed by atoms with Gasteiger partial charge in [0.15, 0.2) is 0 Å². The van der Waals surface area contributed by atoms with Gasteiger partial charge in [0.1, 0.15) is 5.84 Å². The van der Waals surface area contributed by atoms with Gasteiger partial charge in [-0.1, -0.05) is 0 Å². The fourth-order valence-corrected chi connectivity index (χ4v) is 1.59. The first-order valence-electron chi connectivity index (χ1n) is 3.35. The maximum atomic E-state index is 10.5. The zero-order valence-electron chi connectivity index (χ0n) is 6.57. The van der Waals surface area contributed by atoms with Crippen LogP contribution in [0.2, 0.25) is 0 Å². The topological polar surface area (TPSA) is 99.2 Å². The first-order chi connectivity index (χ1) is 6.13. The van der Waals surface area contributed by atoms with Crippen molar-refractivity contribution in [1.29, 1.82) is 5.41 Å². The molecule has 5 nitrogen and oxygen atoms in total. The minimum absolute atomic E-state index is 0.111. The smallest absolute Gasteiger partial charge is 0.226 e. The van der Waals surface area contributed by atoms with Gasteiger partial charge >= 0.3 is 0 Å². The molecule has 0 bridgehead atoms. The molecule has 6 heteroatoms. The lowest BCUT2D eigenvalue weighted by Crippen LogP contribution is -2.17. The van der Waals surface area contributed by atoms with Crippen molar-refractivity contribution in [1.82, 2.24) is 5.48 Å². The average molecular weight is 198 g/mol. The van der Waals surface area contributed by atoms with Crippen LogP contribution in [0.25, 0.3) is 0 Å². The predicted octanol–water partition coefficient (Wildman–Crippen LogP) is 0.0900. The maximum absolute atomic E-state index is 10.5. The molecule has 1 radical (unpaired) electrons. The van der Waals surface area contributed by atoms with Crippen LogP contribution < -0.4 is 11.2 Å². The summed E-state index contributed by atoms with van der Waals surface area (Å²) in [6.45, 7) is 0. The summed E-state index contributed by atoms with van der Waals surface area (Å²) < 4.78 is 0. The van der Waals surface area contributed by atoms with E-state index in [1.165, 1.54) is 17.8 Å². The number of hydroxylamine groups is 1. The van der Waals surface area contributed by atoms with Gasteiger partial charge < -0.3 is 5.73 Å². The number of nitrogens with one attached hydrogen (secondary N) is 2. The van der Waals surface area contributed by atoms with Crippen molar-refractivity contribution in [3.63, 3.8) is 0 Å². The predicted molar refractivity (Wildman–Crippen MR) is 48.7 cm³/mol. The standard InChI is InChI=1S/C7H8N3O2S/c8-6(11)2-5-1-4(3-13-5)7(9)10-12/h1-3,12H,(H2,8,11)(H2,9,10). The van der Waals surface area contributed by atoms with Crippen molar-refractivity contribution >= 4 is 23.1 Å². The molecule has 0 aliphatic rings. The van der Waals surface area contributed by atoms with Gasteiger partial charge in [-0.15, -0.1) is 11.3 Å². The Bertz CT molecular complexity index is 334. The molecule has 0 aliphatic carbocycles. The van der Waals surface area contributed by atoms with Crippen molar-refractivity contribution in [2.24, 2.45) is 5.73 Å². The SMILES string of the molecule is N=C(NO)c1csc([CH]C(N)=O)c1. The van der Waals surface area contributed by atoms with Crippen LogP contribution >= 0.6 is 11.3 Å². The highest BCUT2D eigenvalue weighted by Gasteiger charge is 2.06. The molecule has 0 fully saturated rings. The van der Waals surface area contributed by atoms with E-state index in [-0.39, 0.29) is 5.84 Å². The van der Waals surface area contributed by atoms with E-state index in [1.54, 1.807) is 16.9 Å². The third kappa shape index (κ3) is 2.53. The second-order valence-electron chi connectivity index (χ2n) is 2.27. The van der Waals surface area contributed by atoms with Crippen LogP contribution in [0.4, 0.5) is 0 Å². The Morgan fingerprint density at radius 2 is 2.46 bits per heavy atom. The molecular formula is C7H8N3O2S. The number of carbonyl (C=O) groups is 1. The number of hydrogen-bond donors (Lipinski definition) is 4. The molecule has 1 aromatic heterocycles. The molecule has 69 valence electrons. The van der Waals surface area contributed by atoms with E-state index < -0.39 is 5.91 Å². The lowest BCUT2D eigenvalue weighted by Gasteiger charge is -1.95. The number of thiophene rings is 1. The molecule has 1 aromatic rings. The van der Waals surface area contributed by atoms with Crippen molar-refractivity contribution in [3.8, 4) is 0 Å². The van der Waals surface area contributed by atoms with Gasteiger partial charge in [0, 0.05) is 15.8 Å². The summed E-state index contributed by atoms with van der Waals surface area (Å²) in [4.78, 5) is 11.1. The van der Waals surface area contributed by atoms with E-state index in [0.717, 1.165) is 0 Å². The largest absolute Gasteiger partial charge is 0.369 e. The molecule has 13 heavy (non-hydrogen) atoms. The van der Waals surface area contributed by atoms with Crippen molar-refractivity contribution in [2.45, 2.75) is 0 Å². The molecule has 0 spiro atoms. The summed E-state index contributed by atoms with van der Waals surface area (Å²) in [5.74, 6) is -0.641. The minimum Gasteiger partial charge on any atom is -0.369 e. The zero-order chi connectivity index (χ0) is 9.84. The summed E-state index contributed by atoms with van der Waals surface area (Å²) in [6.07, 6.45) is 1.26. The van der Waals surface area contributed by atoms with Crippen LogP contribution in [0.1, 0.15) is 10.4 Å². The van der Waals surface area contributed by atoms with E-state index in [4.69, 9.17) is 16.4 Å². The first kappa shape index (κ1) is 9.69. The third-order valence-electron chi connectivity index (χ3n) is 1.30. The fourth-order valence-electron chi connectivity index (χ4n) is 0.764. The van der Waals surface area contributed by atoms with E-state index in [9.17, 15) is 4.79 Å². The summed E-state index contributed by atoms with van der Waals surface area (Å²) >= 11 is 1.27. The van der Waals surface area contributed by atoms with E-state index in [2.05, 4.69) is 0 Å². The maximum Gasteiger partial charge on any atom is 0.226 e. The number of amidine groups is 1. The molecule has 5 N–H and O–H groups in total. The Labute approximate surface area is 78.7 Å². The summed E-state index contributed by atoms with van der Waals surface area (Å²) in [5, 5.41) is 17.2.